The molecule has 0 unspecified atom stereocenters. The lowest BCUT2D eigenvalue weighted by Crippen LogP contribution is -2.55. The molecule has 3 aromatic carbocycles. The Morgan fingerprint density at radius 2 is 1.34 bits per heavy atom. The van der Waals surface area contributed by atoms with Crippen LogP contribution in [-0.4, -0.2) is 20.8 Å². The van der Waals surface area contributed by atoms with Gasteiger partial charge in [0.05, 0.1) is 16.0 Å². The molecule has 204 valence electrons. The van der Waals surface area contributed by atoms with Gasteiger partial charge < -0.3 is 4.74 Å². The lowest BCUT2D eigenvalue weighted by Gasteiger charge is -2.37. The smallest absolute Gasteiger partial charge is 0.349 e. The Labute approximate surface area is 218 Å². The molecule has 0 saturated carbocycles. The van der Waals surface area contributed by atoms with Crippen molar-refractivity contribution in [2.75, 3.05) is 0 Å². The Morgan fingerprint density at radius 3 is 1.84 bits per heavy atom. The second-order valence-electron chi connectivity index (χ2n) is 7.71. The zero-order chi connectivity index (χ0) is 28.5. The van der Waals surface area contributed by atoms with Gasteiger partial charge in [0, 0.05) is 16.5 Å². The summed E-state index contributed by atoms with van der Waals surface area (Å²) in [6, 6.07) is 7.29. The minimum atomic E-state index is -6.12. The highest BCUT2D eigenvalue weighted by atomic mass is 79.9. The summed E-state index contributed by atoms with van der Waals surface area (Å²) in [5, 5.41) is 0.625. The van der Waals surface area contributed by atoms with E-state index in [2.05, 4.69) is 20.7 Å². The average molecular weight is 633 g/mol. The monoisotopic (exact) mass is 632 g/mol. The molecule has 3 nitrogen and oxygen atoms in total. The standard InChI is InChI=1S/C24H14BrF9O3S/c25-18-12-16(8-9-21(18)28)38(35,36)11-10-14-4-6-15(7-5-14)22(23(29,30)31,24(32,33)34)37-13-17-19(26)2-1-3-20(17)27/h1-12H,13H2. The maximum atomic E-state index is 14.0. The highest BCUT2D eigenvalue weighted by Gasteiger charge is 2.73. The number of benzene rings is 3. The van der Waals surface area contributed by atoms with Crippen LogP contribution >= 0.6 is 15.9 Å². The predicted octanol–water partition coefficient (Wildman–Crippen LogP) is 7.85. The van der Waals surface area contributed by atoms with Gasteiger partial charge in [-0.25, -0.2) is 21.6 Å². The molecule has 0 aromatic heterocycles. The van der Waals surface area contributed by atoms with E-state index >= 15 is 0 Å². The number of ether oxygens (including phenoxy) is 1. The van der Waals surface area contributed by atoms with Gasteiger partial charge in [0.25, 0.3) is 5.60 Å². The summed E-state index contributed by atoms with van der Waals surface area (Å²) in [5.41, 5.74) is -7.68. The molecule has 0 heterocycles. The van der Waals surface area contributed by atoms with Gasteiger partial charge in [-0.2, -0.15) is 26.3 Å². The number of hydrogen-bond donors (Lipinski definition) is 0. The molecule has 3 rings (SSSR count). The summed E-state index contributed by atoms with van der Waals surface area (Å²) >= 11 is 2.83. The van der Waals surface area contributed by atoms with Crippen molar-refractivity contribution < 1.29 is 52.7 Å². The van der Waals surface area contributed by atoms with Crippen molar-refractivity contribution in [2.24, 2.45) is 0 Å². The number of rotatable bonds is 7. The highest BCUT2D eigenvalue weighted by Crippen LogP contribution is 2.53. The summed E-state index contributed by atoms with van der Waals surface area (Å²) < 4.78 is 154. The minimum absolute atomic E-state index is 0.114. The molecule has 0 amide bonds. The van der Waals surface area contributed by atoms with Crippen LogP contribution in [-0.2, 0) is 26.8 Å². The first kappa shape index (κ1) is 29.7. The van der Waals surface area contributed by atoms with Crippen LogP contribution in [0.1, 0.15) is 16.7 Å². The largest absolute Gasteiger partial charge is 0.430 e. The third-order valence-corrected chi connectivity index (χ3v) is 7.28. The lowest BCUT2D eigenvalue weighted by atomic mass is 9.91. The van der Waals surface area contributed by atoms with Gasteiger partial charge in [0.2, 0.25) is 0 Å². The third kappa shape index (κ3) is 5.91. The zero-order valence-corrected chi connectivity index (χ0v) is 21.0. The molecule has 0 saturated heterocycles. The fraction of sp³-hybridized carbons (Fsp3) is 0.167. The van der Waals surface area contributed by atoms with E-state index < -0.39 is 63.0 Å². The number of hydrogen-bond acceptors (Lipinski definition) is 3. The Kier molecular flexibility index (Phi) is 8.39. The van der Waals surface area contributed by atoms with E-state index in [4.69, 9.17) is 0 Å². The second-order valence-corrected chi connectivity index (χ2v) is 10.4. The van der Waals surface area contributed by atoms with E-state index in [1.54, 1.807) is 0 Å². The van der Waals surface area contributed by atoms with E-state index in [9.17, 15) is 47.9 Å². The summed E-state index contributed by atoms with van der Waals surface area (Å²) in [6.45, 7) is -1.70. The van der Waals surface area contributed by atoms with E-state index in [-0.39, 0.29) is 14.9 Å². The third-order valence-electron chi connectivity index (χ3n) is 5.27. The van der Waals surface area contributed by atoms with Crippen LogP contribution in [0.5, 0.6) is 0 Å². The van der Waals surface area contributed by atoms with Crippen LogP contribution in [0, 0.1) is 17.5 Å². The van der Waals surface area contributed by atoms with Gasteiger partial charge in [0.1, 0.15) is 17.5 Å². The molecule has 0 N–H and O–H groups in total. The SMILES string of the molecule is O=S(=O)(C=Cc1ccc(C(OCc2c(F)cccc2F)(C(F)(F)F)C(F)(F)F)cc1)c1ccc(F)c(Br)c1. The molecule has 38 heavy (non-hydrogen) atoms. The first-order valence-electron chi connectivity index (χ1n) is 10.2. The van der Waals surface area contributed by atoms with Gasteiger partial charge in [-0.3, -0.25) is 0 Å². The Balaban J connectivity index is 1.99. The lowest BCUT2D eigenvalue weighted by molar-refractivity contribution is -0.392. The summed E-state index contributed by atoms with van der Waals surface area (Å²) in [4.78, 5) is -0.333. The van der Waals surface area contributed by atoms with Crippen molar-refractivity contribution in [3.8, 4) is 0 Å². The molecule has 0 spiro atoms. The van der Waals surface area contributed by atoms with Crippen LogP contribution in [0.15, 0.2) is 75.4 Å². The average Bonchev–Trinajstić information content (AvgIpc) is 2.80. The van der Waals surface area contributed by atoms with Crippen molar-refractivity contribution >= 4 is 31.8 Å². The molecule has 0 bridgehead atoms. The fourth-order valence-electron chi connectivity index (χ4n) is 3.32. The van der Waals surface area contributed by atoms with Crippen LogP contribution in [0.2, 0.25) is 0 Å². The Bertz CT molecular complexity index is 1410. The van der Waals surface area contributed by atoms with Crippen molar-refractivity contribution in [1.82, 2.24) is 0 Å². The van der Waals surface area contributed by atoms with Crippen molar-refractivity contribution in [2.45, 2.75) is 29.5 Å². The molecule has 0 radical (unpaired) electrons. The van der Waals surface area contributed by atoms with Crippen molar-refractivity contribution in [3.05, 3.63) is 105 Å². The molecule has 0 atom stereocenters. The minimum Gasteiger partial charge on any atom is -0.349 e. The molecular formula is C24H14BrF9O3S. The normalized spacial score (nSPS) is 13.3. The molecule has 0 aliphatic rings. The Hall–Kier alpha value is -2.84. The number of sulfone groups is 1. The molecule has 3 aromatic rings. The van der Waals surface area contributed by atoms with Gasteiger partial charge >= 0.3 is 12.4 Å². The highest BCUT2D eigenvalue weighted by molar-refractivity contribution is 9.10. The van der Waals surface area contributed by atoms with Gasteiger partial charge in [-0.1, -0.05) is 30.3 Å². The van der Waals surface area contributed by atoms with Crippen LogP contribution < -0.4 is 0 Å². The van der Waals surface area contributed by atoms with E-state index in [0.29, 0.717) is 29.7 Å². The van der Waals surface area contributed by atoms with Crippen LogP contribution in [0.25, 0.3) is 6.08 Å². The van der Waals surface area contributed by atoms with Crippen LogP contribution in [0.3, 0.4) is 0 Å². The predicted molar refractivity (Wildman–Crippen MR) is 122 cm³/mol. The van der Waals surface area contributed by atoms with Gasteiger partial charge in [0.15, 0.2) is 9.84 Å². The number of alkyl halides is 6. The fourth-order valence-corrected chi connectivity index (χ4v) is 4.88. The molecule has 0 aliphatic heterocycles. The van der Waals surface area contributed by atoms with Gasteiger partial charge in [-0.05, 0) is 57.9 Å². The molecule has 0 fully saturated rings. The molecule has 14 heteroatoms. The summed E-state index contributed by atoms with van der Waals surface area (Å²) in [5.74, 6) is -3.54. The van der Waals surface area contributed by atoms with Crippen LogP contribution in [0.4, 0.5) is 39.5 Å². The zero-order valence-electron chi connectivity index (χ0n) is 18.5. The maximum Gasteiger partial charge on any atom is 0.430 e. The number of halogens is 10. The summed E-state index contributed by atoms with van der Waals surface area (Å²) in [6.07, 6.45) is -11.3. The van der Waals surface area contributed by atoms with E-state index in [0.717, 1.165) is 42.5 Å². The van der Waals surface area contributed by atoms with Gasteiger partial charge in [-0.15, -0.1) is 0 Å². The first-order chi connectivity index (χ1) is 17.5. The van der Waals surface area contributed by atoms with E-state index in [1.165, 1.54) is 0 Å². The van der Waals surface area contributed by atoms with Crippen molar-refractivity contribution in [1.29, 1.82) is 0 Å². The quantitative estimate of drug-likeness (QED) is 0.197. The molecule has 0 aliphatic carbocycles. The Morgan fingerprint density at radius 1 is 0.789 bits per heavy atom. The topological polar surface area (TPSA) is 43.4 Å². The second kappa shape index (κ2) is 10.7. The van der Waals surface area contributed by atoms with Crippen molar-refractivity contribution in [3.63, 3.8) is 0 Å². The maximum absolute atomic E-state index is 14.0. The molecular weight excluding hydrogens is 619 g/mol. The van der Waals surface area contributed by atoms with E-state index in [1.807, 2.05) is 0 Å². The summed E-state index contributed by atoms with van der Waals surface area (Å²) in [7, 11) is -4.16. The first-order valence-corrected chi connectivity index (χ1v) is 12.5.